The molecule has 6 nitrogen and oxygen atoms in total. The Morgan fingerprint density at radius 1 is 1.46 bits per heavy atom. The topological polar surface area (TPSA) is 82.5 Å². The monoisotopic (exact) mass is 371 g/mol. The van der Waals surface area contributed by atoms with Crippen LogP contribution in [0.15, 0.2) is 6.20 Å². The molecule has 8 heteroatoms. The van der Waals surface area contributed by atoms with Crippen molar-refractivity contribution in [3.63, 3.8) is 0 Å². The Hall–Kier alpha value is -1.12. The molecule has 0 radical (unpaired) electrons. The molecular weight excluding hydrogens is 346 g/mol. The highest BCUT2D eigenvalue weighted by Crippen LogP contribution is 2.30. The standard InChI is InChI=1S/C16H25N3O3S2/c1-9(2)14-17-7-12(24-14)8-19(11-5-6-11)16(22)18-13(10(3)20)15(21)23-4/h7,9-11,13,20H,5-6,8H2,1-4H3,(H,18,22). The number of hydrogen-bond donors (Lipinski definition) is 2. The number of carbonyl (C=O) groups excluding carboxylic acids is 2. The highest BCUT2D eigenvalue weighted by atomic mass is 32.2. The summed E-state index contributed by atoms with van der Waals surface area (Å²) in [5, 5.41) is 13.3. The molecular formula is C16H25N3O3S2. The molecule has 1 saturated carbocycles. The van der Waals surface area contributed by atoms with Crippen molar-refractivity contribution in [3.05, 3.63) is 16.1 Å². The van der Waals surface area contributed by atoms with Crippen molar-refractivity contribution in [2.45, 2.75) is 64.3 Å². The first-order valence-corrected chi connectivity index (χ1v) is 10.1. The first-order chi connectivity index (χ1) is 11.3. The van der Waals surface area contributed by atoms with E-state index in [0.29, 0.717) is 12.5 Å². The number of aliphatic hydroxyl groups is 1. The van der Waals surface area contributed by atoms with Gasteiger partial charge in [0.15, 0.2) is 0 Å². The Balaban J connectivity index is 2.06. The Morgan fingerprint density at radius 2 is 2.12 bits per heavy atom. The molecule has 0 aromatic carbocycles. The molecule has 0 aliphatic heterocycles. The van der Waals surface area contributed by atoms with Gasteiger partial charge in [0.05, 0.1) is 17.7 Å². The first kappa shape index (κ1) is 19.2. The van der Waals surface area contributed by atoms with Crippen LogP contribution in [-0.2, 0) is 11.3 Å². The molecule has 0 bridgehead atoms. The average Bonchev–Trinajstić information content (AvgIpc) is 3.26. The van der Waals surface area contributed by atoms with Gasteiger partial charge in [0.25, 0.3) is 0 Å². The van der Waals surface area contributed by atoms with Crippen molar-refractivity contribution < 1.29 is 14.7 Å². The molecule has 1 aromatic rings. The molecule has 2 atom stereocenters. The fourth-order valence-electron chi connectivity index (χ4n) is 2.30. The van der Waals surface area contributed by atoms with Crippen LogP contribution in [0.4, 0.5) is 4.79 Å². The van der Waals surface area contributed by atoms with Gasteiger partial charge in [-0.1, -0.05) is 25.6 Å². The zero-order valence-corrected chi connectivity index (χ0v) is 16.1. The quantitative estimate of drug-likeness (QED) is 0.770. The molecule has 2 amide bonds. The molecule has 134 valence electrons. The van der Waals surface area contributed by atoms with Gasteiger partial charge in [-0.3, -0.25) is 4.79 Å². The Kier molecular flexibility index (Phi) is 6.65. The lowest BCUT2D eigenvalue weighted by Crippen LogP contribution is -2.52. The van der Waals surface area contributed by atoms with Gasteiger partial charge in [0.1, 0.15) is 6.04 Å². The smallest absolute Gasteiger partial charge is 0.318 e. The summed E-state index contributed by atoms with van der Waals surface area (Å²) in [6.07, 6.45) is 4.48. The van der Waals surface area contributed by atoms with Gasteiger partial charge in [-0.05, 0) is 26.0 Å². The van der Waals surface area contributed by atoms with Crippen molar-refractivity contribution in [1.82, 2.24) is 15.2 Å². The third-order valence-corrected chi connectivity index (χ3v) is 5.80. The van der Waals surface area contributed by atoms with Gasteiger partial charge in [-0.15, -0.1) is 11.3 Å². The number of thioether (sulfide) groups is 1. The summed E-state index contributed by atoms with van der Waals surface area (Å²) in [5.74, 6) is 0.366. The number of aromatic nitrogens is 1. The second kappa shape index (κ2) is 8.31. The maximum Gasteiger partial charge on any atom is 0.318 e. The number of thiazole rings is 1. The Bertz CT molecular complexity index is 585. The van der Waals surface area contributed by atoms with Crippen LogP contribution in [0.25, 0.3) is 0 Å². The average molecular weight is 372 g/mol. The zero-order valence-electron chi connectivity index (χ0n) is 14.5. The van der Waals surface area contributed by atoms with Crippen LogP contribution in [-0.4, -0.2) is 50.6 Å². The summed E-state index contributed by atoms with van der Waals surface area (Å²) < 4.78 is 0. The van der Waals surface area contributed by atoms with E-state index in [1.54, 1.807) is 22.5 Å². The van der Waals surface area contributed by atoms with Crippen molar-refractivity contribution in [2.75, 3.05) is 6.26 Å². The molecule has 1 aromatic heterocycles. The van der Waals surface area contributed by atoms with E-state index >= 15 is 0 Å². The summed E-state index contributed by atoms with van der Waals surface area (Å²) in [7, 11) is 0. The van der Waals surface area contributed by atoms with E-state index in [9.17, 15) is 14.7 Å². The molecule has 1 aliphatic rings. The minimum Gasteiger partial charge on any atom is -0.391 e. The first-order valence-electron chi connectivity index (χ1n) is 8.11. The predicted molar refractivity (Wildman–Crippen MR) is 97.3 cm³/mol. The van der Waals surface area contributed by atoms with E-state index < -0.39 is 12.1 Å². The second-order valence-corrected chi connectivity index (χ2v) is 8.33. The van der Waals surface area contributed by atoms with Gasteiger partial charge in [-0.2, -0.15) is 0 Å². The van der Waals surface area contributed by atoms with Crippen LogP contribution in [0, 0.1) is 0 Å². The summed E-state index contributed by atoms with van der Waals surface area (Å²) in [4.78, 5) is 31.7. The summed E-state index contributed by atoms with van der Waals surface area (Å²) in [6, 6.07) is -0.986. The minimum absolute atomic E-state index is 0.202. The van der Waals surface area contributed by atoms with Crippen LogP contribution in [0.5, 0.6) is 0 Å². The molecule has 1 fully saturated rings. The number of carbonyl (C=O) groups is 2. The zero-order chi connectivity index (χ0) is 17.9. The van der Waals surface area contributed by atoms with Crippen molar-refractivity contribution in [3.8, 4) is 0 Å². The number of aliphatic hydroxyl groups excluding tert-OH is 1. The number of hydrogen-bond acceptors (Lipinski definition) is 6. The predicted octanol–water partition coefficient (Wildman–Crippen LogP) is 2.58. The summed E-state index contributed by atoms with van der Waals surface area (Å²) in [5.41, 5.74) is 0. The lowest BCUT2D eigenvalue weighted by molar-refractivity contribution is -0.114. The van der Waals surface area contributed by atoms with E-state index in [1.165, 1.54) is 6.92 Å². The molecule has 0 saturated heterocycles. The SMILES string of the molecule is CSC(=O)C(NC(=O)N(Cc1cnc(C(C)C)s1)C1CC1)C(C)O. The molecule has 1 heterocycles. The summed E-state index contributed by atoms with van der Waals surface area (Å²) in [6.45, 7) is 6.18. The molecule has 2 N–H and O–H groups in total. The van der Waals surface area contributed by atoms with Gasteiger partial charge in [-0.25, -0.2) is 9.78 Å². The maximum absolute atomic E-state index is 12.6. The summed E-state index contributed by atoms with van der Waals surface area (Å²) >= 11 is 2.62. The number of rotatable bonds is 7. The molecule has 2 rings (SSSR count). The van der Waals surface area contributed by atoms with E-state index in [1.807, 2.05) is 6.20 Å². The van der Waals surface area contributed by atoms with Crippen molar-refractivity contribution >= 4 is 34.2 Å². The van der Waals surface area contributed by atoms with Crippen LogP contribution >= 0.6 is 23.1 Å². The third-order valence-electron chi connectivity index (χ3n) is 3.86. The highest BCUT2D eigenvalue weighted by molar-refractivity contribution is 8.13. The Morgan fingerprint density at radius 3 is 2.58 bits per heavy atom. The van der Waals surface area contributed by atoms with Gasteiger partial charge >= 0.3 is 6.03 Å². The molecule has 0 spiro atoms. The van der Waals surface area contributed by atoms with E-state index in [-0.39, 0.29) is 17.2 Å². The van der Waals surface area contributed by atoms with Crippen molar-refractivity contribution in [2.24, 2.45) is 0 Å². The fourth-order valence-corrected chi connectivity index (χ4v) is 3.73. The van der Waals surface area contributed by atoms with Crippen LogP contribution in [0.1, 0.15) is 49.4 Å². The van der Waals surface area contributed by atoms with Gasteiger partial charge in [0.2, 0.25) is 5.12 Å². The molecule has 1 aliphatic carbocycles. The highest BCUT2D eigenvalue weighted by Gasteiger charge is 2.35. The lowest BCUT2D eigenvalue weighted by atomic mass is 10.2. The van der Waals surface area contributed by atoms with Crippen LogP contribution in [0.3, 0.4) is 0 Å². The lowest BCUT2D eigenvalue weighted by Gasteiger charge is -2.26. The van der Waals surface area contributed by atoms with E-state index in [2.05, 4.69) is 24.1 Å². The number of nitrogens with one attached hydrogen (secondary N) is 1. The van der Waals surface area contributed by atoms with Crippen molar-refractivity contribution in [1.29, 1.82) is 0 Å². The van der Waals surface area contributed by atoms with Gasteiger partial charge in [0, 0.05) is 23.0 Å². The van der Waals surface area contributed by atoms with Crippen LogP contribution < -0.4 is 5.32 Å². The normalized spacial score (nSPS) is 16.8. The molecule has 24 heavy (non-hydrogen) atoms. The third kappa shape index (κ3) is 4.94. The van der Waals surface area contributed by atoms with Gasteiger partial charge < -0.3 is 15.3 Å². The maximum atomic E-state index is 12.6. The second-order valence-electron chi connectivity index (χ2n) is 6.37. The number of amides is 2. The van der Waals surface area contributed by atoms with E-state index in [0.717, 1.165) is 34.5 Å². The Labute approximate surface area is 151 Å². The largest absolute Gasteiger partial charge is 0.391 e. The molecule has 2 unspecified atom stereocenters. The van der Waals surface area contributed by atoms with Crippen LogP contribution in [0.2, 0.25) is 0 Å². The van der Waals surface area contributed by atoms with E-state index in [4.69, 9.17) is 0 Å². The number of nitrogens with zero attached hydrogens (tertiary/aromatic N) is 2. The minimum atomic E-state index is -0.925. The number of urea groups is 1. The fraction of sp³-hybridized carbons (Fsp3) is 0.688.